The average molecular weight is 313 g/mol. The number of H-pyrrole nitrogens is 1. The molecular formula is C16H13ClN4O. The number of para-hydroxylation sites is 1. The number of aromatic amines is 1. The van der Waals surface area contributed by atoms with E-state index in [4.69, 9.17) is 11.6 Å². The molecule has 22 heavy (non-hydrogen) atoms. The Bertz CT molecular complexity index is 869. The lowest BCUT2D eigenvalue weighted by Gasteiger charge is -2.01. The minimum Gasteiger partial charge on any atom is -0.358 e. The maximum atomic E-state index is 12.0. The van der Waals surface area contributed by atoms with Gasteiger partial charge in [-0.1, -0.05) is 29.8 Å². The number of carbonyl (C=O) groups excluding carboxylic acids is 1. The van der Waals surface area contributed by atoms with Crippen molar-refractivity contribution < 1.29 is 4.79 Å². The van der Waals surface area contributed by atoms with Gasteiger partial charge in [-0.2, -0.15) is 5.10 Å². The number of aromatic nitrogens is 2. The van der Waals surface area contributed by atoms with Crippen LogP contribution in [0.4, 0.5) is 0 Å². The van der Waals surface area contributed by atoms with Crippen LogP contribution in [-0.4, -0.2) is 22.1 Å². The summed E-state index contributed by atoms with van der Waals surface area (Å²) in [5.74, 6) is -0.396. The number of hydrazone groups is 1. The van der Waals surface area contributed by atoms with Gasteiger partial charge in [0.1, 0.15) is 5.15 Å². The molecule has 0 radical (unpaired) electrons. The Morgan fingerprint density at radius 3 is 2.95 bits per heavy atom. The van der Waals surface area contributed by atoms with Crippen molar-refractivity contribution in [3.8, 4) is 0 Å². The first-order valence-corrected chi connectivity index (χ1v) is 7.06. The fourth-order valence-electron chi connectivity index (χ4n) is 2.24. The van der Waals surface area contributed by atoms with Crippen molar-refractivity contribution in [1.82, 2.24) is 15.4 Å². The molecule has 3 aromatic rings. The highest BCUT2D eigenvalue weighted by molar-refractivity contribution is 6.32. The quantitative estimate of drug-likeness (QED) is 0.442. The monoisotopic (exact) mass is 312 g/mol. The summed E-state index contributed by atoms with van der Waals surface area (Å²) in [5.41, 5.74) is 5.70. The van der Waals surface area contributed by atoms with E-state index in [1.54, 1.807) is 18.3 Å². The molecule has 0 aliphatic heterocycles. The molecule has 5 nitrogen and oxygen atoms in total. The number of carbonyl (C=O) groups is 1. The van der Waals surface area contributed by atoms with E-state index >= 15 is 0 Å². The third-order valence-corrected chi connectivity index (χ3v) is 3.61. The predicted octanol–water partition coefficient (Wildman–Crippen LogP) is 3.29. The van der Waals surface area contributed by atoms with Gasteiger partial charge in [0, 0.05) is 28.4 Å². The van der Waals surface area contributed by atoms with Crippen molar-refractivity contribution in [3.05, 3.63) is 64.6 Å². The van der Waals surface area contributed by atoms with E-state index in [2.05, 4.69) is 20.5 Å². The van der Waals surface area contributed by atoms with Gasteiger partial charge in [0.15, 0.2) is 0 Å². The van der Waals surface area contributed by atoms with E-state index < -0.39 is 5.91 Å². The van der Waals surface area contributed by atoms with Crippen LogP contribution in [0.5, 0.6) is 0 Å². The van der Waals surface area contributed by atoms with Crippen LogP contribution in [-0.2, 0) is 0 Å². The number of fused-ring (bicyclic) bond motifs is 1. The number of amides is 1. The molecule has 0 atom stereocenters. The highest BCUT2D eigenvalue weighted by Gasteiger charge is 2.10. The van der Waals surface area contributed by atoms with Crippen molar-refractivity contribution in [3.63, 3.8) is 0 Å². The lowest BCUT2D eigenvalue weighted by atomic mass is 10.1. The maximum Gasteiger partial charge on any atom is 0.274 e. The standard InChI is InChI=1S/C16H13ClN4O/c1-10-13(11-5-2-3-7-14(11)20-10)9-19-21-16(22)12-6-4-8-18-15(12)17/h2-9,20H,1H3,(H,21,22). The normalized spacial score (nSPS) is 11.2. The second-order valence-corrected chi connectivity index (χ2v) is 5.11. The van der Waals surface area contributed by atoms with Crippen LogP contribution in [0.2, 0.25) is 5.15 Å². The molecule has 1 amide bonds. The second kappa shape index (κ2) is 5.99. The fraction of sp³-hybridized carbons (Fsp3) is 0.0625. The van der Waals surface area contributed by atoms with E-state index in [0.29, 0.717) is 0 Å². The van der Waals surface area contributed by atoms with E-state index in [1.807, 2.05) is 31.2 Å². The number of nitrogens with one attached hydrogen (secondary N) is 2. The van der Waals surface area contributed by atoms with Crippen molar-refractivity contribution in [2.45, 2.75) is 6.92 Å². The maximum absolute atomic E-state index is 12.0. The Kier molecular flexibility index (Phi) is 3.89. The number of hydrogen-bond acceptors (Lipinski definition) is 3. The molecule has 2 aromatic heterocycles. The van der Waals surface area contributed by atoms with E-state index in [-0.39, 0.29) is 10.7 Å². The minimum atomic E-state index is -0.396. The summed E-state index contributed by atoms with van der Waals surface area (Å²) < 4.78 is 0. The Hall–Kier alpha value is -2.66. The summed E-state index contributed by atoms with van der Waals surface area (Å²) in [6, 6.07) is 11.2. The van der Waals surface area contributed by atoms with Crippen LogP contribution < -0.4 is 5.43 Å². The van der Waals surface area contributed by atoms with Crippen molar-refractivity contribution in [2.24, 2.45) is 5.10 Å². The summed E-state index contributed by atoms with van der Waals surface area (Å²) in [7, 11) is 0. The molecule has 1 aromatic carbocycles. The molecule has 0 saturated carbocycles. The van der Waals surface area contributed by atoms with Gasteiger partial charge in [0.05, 0.1) is 11.8 Å². The van der Waals surface area contributed by atoms with E-state index in [1.165, 1.54) is 6.20 Å². The molecule has 6 heteroatoms. The zero-order chi connectivity index (χ0) is 15.5. The van der Waals surface area contributed by atoms with Gasteiger partial charge in [-0.3, -0.25) is 4.79 Å². The molecule has 2 N–H and O–H groups in total. The van der Waals surface area contributed by atoms with Crippen LogP contribution in [0.3, 0.4) is 0 Å². The lowest BCUT2D eigenvalue weighted by molar-refractivity contribution is 0.0955. The van der Waals surface area contributed by atoms with Gasteiger partial charge in [0.25, 0.3) is 5.91 Å². The number of nitrogens with zero attached hydrogens (tertiary/aromatic N) is 2. The first-order valence-electron chi connectivity index (χ1n) is 6.68. The highest BCUT2D eigenvalue weighted by Crippen LogP contribution is 2.19. The molecule has 0 aliphatic carbocycles. The van der Waals surface area contributed by atoms with Crippen molar-refractivity contribution >= 4 is 34.6 Å². The lowest BCUT2D eigenvalue weighted by Crippen LogP contribution is -2.18. The van der Waals surface area contributed by atoms with Gasteiger partial charge < -0.3 is 4.98 Å². The number of aryl methyl sites for hydroxylation is 1. The van der Waals surface area contributed by atoms with Gasteiger partial charge in [0.2, 0.25) is 0 Å². The summed E-state index contributed by atoms with van der Waals surface area (Å²) >= 11 is 5.87. The Morgan fingerprint density at radius 1 is 1.32 bits per heavy atom. The number of hydrogen-bond donors (Lipinski definition) is 2. The molecule has 2 heterocycles. The summed E-state index contributed by atoms with van der Waals surface area (Å²) in [5, 5.41) is 5.22. The zero-order valence-electron chi connectivity index (χ0n) is 11.8. The summed E-state index contributed by atoms with van der Waals surface area (Å²) in [4.78, 5) is 19.1. The van der Waals surface area contributed by atoms with Crippen LogP contribution >= 0.6 is 11.6 Å². The second-order valence-electron chi connectivity index (χ2n) is 4.75. The molecule has 0 bridgehead atoms. The van der Waals surface area contributed by atoms with Gasteiger partial charge in [-0.05, 0) is 25.1 Å². The SMILES string of the molecule is Cc1[nH]c2ccccc2c1C=NNC(=O)c1cccnc1Cl. The molecule has 0 aliphatic rings. The van der Waals surface area contributed by atoms with Crippen LogP contribution in [0.1, 0.15) is 21.6 Å². The summed E-state index contributed by atoms with van der Waals surface area (Å²) in [6.07, 6.45) is 3.15. The molecule has 0 spiro atoms. The molecule has 0 unspecified atom stereocenters. The highest BCUT2D eigenvalue weighted by atomic mass is 35.5. The molecule has 110 valence electrons. The third-order valence-electron chi connectivity index (χ3n) is 3.31. The predicted molar refractivity (Wildman–Crippen MR) is 87.3 cm³/mol. The fourth-order valence-corrected chi connectivity index (χ4v) is 2.44. The van der Waals surface area contributed by atoms with Gasteiger partial charge >= 0.3 is 0 Å². The van der Waals surface area contributed by atoms with Gasteiger partial charge in [-0.25, -0.2) is 10.4 Å². The summed E-state index contributed by atoms with van der Waals surface area (Å²) in [6.45, 7) is 1.96. The Morgan fingerprint density at radius 2 is 2.14 bits per heavy atom. The van der Waals surface area contributed by atoms with Gasteiger partial charge in [-0.15, -0.1) is 0 Å². The Labute approximate surface area is 132 Å². The van der Waals surface area contributed by atoms with Crippen molar-refractivity contribution in [1.29, 1.82) is 0 Å². The number of rotatable bonds is 3. The van der Waals surface area contributed by atoms with Crippen LogP contribution in [0.15, 0.2) is 47.7 Å². The third kappa shape index (κ3) is 2.71. The number of benzene rings is 1. The van der Waals surface area contributed by atoms with E-state index in [9.17, 15) is 4.79 Å². The average Bonchev–Trinajstić information content (AvgIpc) is 2.83. The molecular weight excluding hydrogens is 300 g/mol. The first-order chi connectivity index (χ1) is 10.7. The Balaban J connectivity index is 1.81. The first kappa shape index (κ1) is 14.3. The minimum absolute atomic E-state index is 0.151. The zero-order valence-corrected chi connectivity index (χ0v) is 12.6. The van der Waals surface area contributed by atoms with Crippen LogP contribution in [0, 0.1) is 6.92 Å². The molecule has 0 fully saturated rings. The number of halogens is 1. The molecule has 3 rings (SSSR count). The van der Waals surface area contributed by atoms with E-state index in [0.717, 1.165) is 22.2 Å². The smallest absolute Gasteiger partial charge is 0.274 e. The van der Waals surface area contributed by atoms with Crippen molar-refractivity contribution in [2.75, 3.05) is 0 Å². The molecule has 0 saturated heterocycles. The van der Waals surface area contributed by atoms with Crippen LogP contribution in [0.25, 0.3) is 10.9 Å². The topological polar surface area (TPSA) is 70.1 Å². The largest absolute Gasteiger partial charge is 0.358 e. The number of pyridine rings is 1.